The molecule has 4 rings (SSSR count). The molecule has 2 aliphatic rings. The summed E-state index contributed by atoms with van der Waals surface area (Å²) in [6, 6.07) is 14.4. The molecule has 0 N–H and O–H groups in total. The summed E-state index contributed by atoms with van der Waals surface area (Å²) in [5.41, 5.74) is 3.36. The topological polar surface area (TPSA) is 24.8 Å². The molecule has 0 aromatic heterocycles. The van der Waals surface area contributed by atoms with E-state index in [1.165, 1.54) is 0 Å². The second kappa shape index (κ2) is 6.08. The highest BCUT2D eigenvalue weighted by Gasteiger charge is 2.41. The monoisotopic (exact) mass is 404 g/mol. The molecule has 0 radical (unpaired) electrons. The van der Waals surface area contributed by atoms with Crippen LogP contribution in [-0.2, 0) is 0 Å². The van der Waals surface area contributed by atoms with E-state index in [1.807, 2.05) is 18.2 Å². The third-order valence-electron chi connectivity index (χ3n) is 4.53. The number of hydrogen-bond acceptors (Lipinski definition) is 3. The van der Waals surface area contributed by atoms with Gasteiger partial charge in [0.25, 0.3) is 0 Å². The minimum Gasteiger partial charge on any atom is -0.468 e. The second-order valence-electron chi connectivity index (χ2n) is 6.59. The van der Waals surface area contributed by atoms with E-state index in [0.717, 1.165) is 38.5 Å². The van der Waals surface area contributed by atoms with Crippen LogP contribution in [0.15, 0.2) is 52.0 Å². The van der Waals surface area contributed by atoms with Crippen molar-refractivity contribution >= 4 is 33.2 Å². The van der Waals surface area contributed by atoms with E-state index in [0.29, 0.717) is 5.92 Å². The van der Waals surface area contributed by atoms with Crippen LogP contribution in [0.2, 0.25) is 5.02 Å². The minimum atomic E-state index is -0.0587. The lowest BCUT2D eigenvalue weighted by atomic mass is 9.95. The maximum atomic E-state index is 6.22. The van der Waals surface area contributed by atoms with E-state index in [2.05, 4.69) is 59.1 Å². The van der Waals surface area contributed by atoms with E-state index < -0.39 is 0 Å². The maximum Gasteiger partial charge on any atom is 0.190 e. The fourth-order valence-electron chi connectivity index (χ4n) is 3.34. The van der Waals surface area contributed by atoms with Crippen molar-refractivity contribution in [3.8, 4) is 5.75 Å². The van der Waals surface area contributed by atoms with Crippen molar-refractivity contribution in [1.82, 2.24) is 5.01 Å². The molecule has 124 valence electrons. The summed E-state index contributed by atoms with van der Waals surface area (Å²) in [5.74, 6) is 1.26. The molecule has 2 aromatic carbocycles. The number of hydrogen-bond donors (Lipinski definition) is 0. The van der Waals surface area contributed by atoms with Crippen molar-refractivity contribution in [2.75, 3.05) is 0 Å². The first-order valence-corrected chi connectivity index (χ1v) is 9.28. The van der Waals surface area contributed by atoms with Gasteiger partial charge in [-0.3, -0.25) is 0 Å². The molecule has 0 unspecified atom stereocenters. The second-order valence-corrected chi connectivity index (χ2v) is 7.94. The molecule has 0 aliphatic carbocycles. The Morgan fingerprint density at radius 2 is 1.96 bits per heavy atom. The lowest BCUT2D eigenvalue weighted by Gasteiger charge is -2.40. The molecule has 24 heavy (non-hydrogen) atoms. The molecule has 5 heteroatoms. The number of rotatable bonds is 2. The molecule has 3 nitrogen and oxygen atoms in total. The Morgan fingerprint density at radius 3 is 2.67 bits per heavy atom. The molecule has 0 fully saturated rings. The Labute approximate surface area is 155 Å². The van der Waals surface area contributed by atoms with E-state index in [-0.39, 0.29) is 12.3 Å². The fourth-order valence-corrected chi connectivity index (χ4v) is 3.79. The molecule has 2 aliphatic heterocycles. The quantitative estimate of drug-likeness (QED) is 0.647. The average molecular weight is 406 g/mol. The van der Waals surface area contributed by atoms with Crippen molar-refractivity contribution in [1.29, 1.82) is 0 Å². The Bertz CT molecular complexity index is 804. The summed E-state index contributed by atoms with van der Waals surface area (Å²) in [7, 11) is 0. The van der Waals surface area contributed by atoms with Crippen molar-refractivity contribution < 1.29 is 4.74 Å². The Hall–Kier alpha value is -1.52. The van der Waals surface area contributed by atoms with Crippen molar-refractivity contribution in [3.05, 3.63) is 63.1 Å². The first-order valence-electron chi connectivity index (χ1n) is 8.11. The number of hydrazone groups is 1. The third kappa shape index (κ3) is 2.72. The van der Waals surface area contributed by atoms with Crippen LogP contribution in [0.5, 0.6) is 5.75 Å². The van der Waals surface area contributed by atoms with Gasteiger partial charge in [0, 0.05) is 27.4 Å². The van der Waals surface area contributed by atoms with Gasteiger partial charge in [-0.25, -0.2) is 5.01 Å². The zero-order valence-electron chi connectivity index (χ0n) is 13.5. The molecule has 0 saturated carbocycles. The predicted molar refractivity (Wildman–Crippen MR) is 101 cm³/mol. The SMILES string of the molecule is CC(C)[C@@H]1Oc2ccc(Cl)cc2[C@H]2CC(c3ccc(Br)cc3)=NN21. The van der Waals surface area contributed by atoms with E-state index in [1.54, 1.807) is 0 Å². The molecule has 2 atom stereocenters. The number of nitrogens with zero attached hydrogens (tertiary/aromatic N) is 2. The van der Waals surface area contributed by atoms with Crippen molar-refractivity contribution in [3.63, 3.8) is 0 Å². The maximum absolute atomic E-state index is 6.22. The van der Waals surface area contributed by atoms with Gasteiger partial charge in [0.2, 0.25) is 0 Å². The molecule has 0 bridgehead atoms. The van der Waals surface area contributed by atoms with Crippen LogP contribution in [-0.4, -0.2) is 16.9 Å². The summed E-state index contributed by atoms with van der Waals surface area (Å²) in [4.78, 5) is 0. The molecule has 2 heterocycles. The normalized spacial score (nSPS) is 22.0. The Balaban J connectivity index is 1.75. The zero-order chi connectivity index (χ0) is 16.8. The number of halogens is 2. The molecule has 2 aromatic rings. The smallest absolute Gasteiger partial charge is 0.190 e. The van der Waals surface area contributed by atoms with Gasteiger partial charge in [-0.05, 0) is 35.9 Å². The lowest BCUT2D eigenvalue weighted by Crippen LogP contribution is -2.43. The highest BCUT2D eigenvalue weighted by molar-refractivity contribution is 9.10. The van der Waals surface area contributed by atoms with Gasteiger partial charge < -0.3 is 4.74 Å². The lowest BCUT2D eigenvalue weighted by molar-refractivity contribution is -0.0461. The van der Waals surface area contributed by atoms with Crippen molar-refractivity contribution in [2.45, 2.75) is 32.5 Å². The average Bonchev–Trinajstić information content (AvgIpc) is 3.00. The van der Waals surface area contributed by atoms with Gasteiger partial charge in [-0.2, -0.15) is 5.10 Å². The predicted octanol–water partition coefficient (Wildman–Crippen LogP) is 5.63. The van der Waals surface area contributed by atoms with Crippen LogP contribution in [0.4, 0.5) is 0 Å². The van der Waals surface area contributed by atoms with Gasteiger partial charge in [-0.15, -0.1) is 0 Å². The van der Waals surface area contributed by atoms with Crippen LogP contribution < -0.4 is 4.74 Å². The molecule has 0 amide bonds. The van der Waals surface area contributed by atoms with E-state index in [9.17, 15) is 0 Å². The van der Waals surface area contributed by atoms with Gasteiger partial charge in [0.1, 0.15) is 5.75 Å². The van der Waals surface area contributed by atoms with Crippen molar-refractivity contribution in [2.24, 2.45) is 11.0 Å². The third-order valence-corrected chi connectivity index (χ3v) is 5.29. The van der Waals surface area contributed by atoms with Crippen LogP contribution in [0.3, 0.4) is 0 Å². The number of ether oxygens (including phenoxy) is 1. The molecule has 0 saturated heterocycles. The number of benzene rings is 2. The highest BCUT2D eigenvalue weighted by atomic mass is 79.9. The Kier molecular flexibility index (Phi) is 4.05. The fraction of sp³-hybridized carbons (Fsp3) is 0.316. The van der Waals surface area contributed by atoms with Gasteiger partial charge in [-0.1, -0.05) is 53.5 Å². The van der Waals surface area contributed by atoms with Gasteiger partial charge >= 0.3 is 0 Å². The van der Waals surface area contributed by atoms with E-state index >= 15 is 0 Å². The Morgan fingerprint density at radius 1 is 1.21 bits per heavy atom. The summed E-state index contributed by atoms with van der Waals surface area (Å²) in [5, 5.41) is 7.75. The van der Waals surface area contributed by atoms with Crippen LogP contribution in [0.25, 0.3) is 0 Å². The summed E-state index contributed by atoms with van der Waals surface area (Å²) in [6.45, 7) is 4.32. The summed E-state index contributed by atoms with van der Waals surface area (Å²) < 4.78 is 7.29. The first-order chi connectivity index (χ1) is 11.5. The van der Waals surface area contributed by atoms with Crippen LogP contribution in [0, 0.1) is 5.92 Å². The van der Waals surface area contributed by atoms with Crippen LogP contribution in [0.1, 0.15) is 37.4 Å². The molecular weight excluding hydrogens is 388 g/mol. The minimum absolute atomic E-state index is 0.0587. The largest absolute Gasteiger partial charge is 0.468 e. The highest BCUT2D eigenvalue weighted by Crippen LogP contribution is 2.45. The first kappa shape index (κ1) is 16.0. The zero-order valence-corrected chi connectivity index (χ0v) is 15.9. The van der Waals surface area contributed by atoms with Gasteiger partial charge in [0.15, 0.2) is 6.23 Å². The number of fused-ring (bicyclic) bond motifs is 3. The standard InChI is InChI=1S/C19H18BrClN2O/c1-11(2)19-23-17(15-9-14(21)7-8-18(15)24-19)10-16(22-23)12-3-5-13(20)6-4-12/h3-9,11,17,19H,10H2,1-2H3/t17-,19+/m1/s1. The van der Waals surface area contributed by atoms with E-state index in [4.69, 9.17) is 21.4 Å². The summed E-state index contributed by atoms with van der Waals surface area (Å²) >= 11 is 9.71. The molecule has 0 spiro atoms. The van der Waals surface area contributed by atoms with Gasteiger partial charge in [0.05, 0.1) is 11.8 Å². The molecular formula is C19H18BrClN2O. The summed E-state index contributed by atoms with van der Waals surface area (Å²) in [6.07, 6.45) is 0.804. The van der Waals surface area contributed by atoms with Crippen LogP contribution >= 0.6 is 27.5 Å².